The molecule has 0 aliphatic carbocycles. The Kier molecular flexibility index (Phi) is 5.28. The minimum Gasteiger partial charge on any atom is -0.496 e. The monoisotopic (exact) mass is 357 g/mol. The quantitative estimate of drug-likeness (QED) is 0.860. The summed E-state index contributed by atoms with van der Waals surface area (Å²) in [4.78, 5) is 23.9. The normalized spacial score (nSPS) is 16.0. The van der Waals surface area contributed by atoms with Crippen molar-refractivity contribution in [3.8, 4) is 5.75 Å². The van der Waals surface area contributed by atoms with E-state index in [2.05, 4.69) is 11.4 Å². The molecule has 3 rings (SSSR count). The summed E-state index contributed by atoms with van der Waals surface area (Å²) >= 11 is 1.64. The van der Waals surface area contributed by atoms with Crippen LogP contribution < -0.4 is 10.1 Å². The van der Waals surface area contributed by atoms with Gasteiger partial charge in [0.25, 0.3) is 0 Å². The predicted octanol–water partition coefficient (Wildman–Crippen LogP) is 3.04. The molecule has 2 aromatic rings. The van der Waals surface area contributed by atoms with Crippen molar-refractivity contribution >= 4 is 23.6 Å². The van der Waals surface area contributed by atoms with Crippen LogP contribution in [-0.4, -0.2) is 29.8 Å². The van der Waals surface area contributed by atoms with Crippen molar-refractivity contribution in [2.75, 3.05) is 12.9 Å². The highest BCUT2D eigenvalue weighted by molar-refractivity contribution is 8.00. The van der Waals surface area contributed by atoms with Gasteiger partial charge in [-0.05, 0) is 41.0 Å². The molecule has 0 radical (unpaired) electrons. The molecule has 1 amide bonds. The van der Waals surface area contributed by atoms with E-state index >= 15 is 0 Å². The second-order valence-electron chi connectivity index (χ2n) is 5.76. The Bertz CT molecular complexity index is 806. The van der Waals surface area contributed by atoms with E-state index in [0.717, 1.165) is 23.3 Å². The lowest BCUT2D eigenvalue weighted by atomic mass is 10.0. The number of benzene rings is 2. The van der Waals surface area contributed by atoms with Crippen molar-refractivity contribution < 1.29 is 19.4 Å². The molecule has 1 atom stereocenters. The van der Waals surface area contributed by atoms with Crippen LogP contribution in [0.25, 0.3) is 0 Å². The van der Waals surface area contributed by atoms with E-state index in [1.165, 1.54) is 18.7 Å². The standard InChI is InChI=1S/C19H19NO4S/c1-24-16-7-6-12(10-15(16)19(22)23)11-20-18(21)17-14-5-3-2-4-13(14)8-9-25-17/h2-7,10,17H,8-9,11H2,1H3,(H,20,21)(H,22,23)/t17-/m1/s1. The Hall–Kier alpha value is -2.47. The van der Waals surface area contributed by atoms with Crippen LogP contribution in [0.1, 0.15) is 32.3 Å². The SMILES string of the molecule is COc1ccc(CNC(=O)[C@@H]2SCCc3ccccc32)cc1C(=O)O. The Morgan fingerprint density at radius 3 is 2.84 bits per heavy atom. The molecule has 6 heteroatoms. The number of amides is 1. The molecule has 1 aliphatic heterocycles. The average Bonchev–Trinajstić information content (AvgIpc) is 2.65. The van der Waals surface area contributed by atoms with Gasteiger partial charge in [0, 0.05) is 6.54 Å². The maximum Gasteiger partial charge on any atom is 0.339 e. The van der Waals surface area contributed by atoms with Crippen LogP contribution in [0, 0.1) is 0 Å². The van der Waals surface area contributed by atoms with Crippen molar-refractivity contribution in [1.29, 1.82) is 0 Å². The van der Waals surface area contributed by atoms with Gasteiger partial charge in [-0.15, -0.1) is 11.8 Å². The molecule has 130 valence electrons. The zero-order chi connectivity index (χ0) is 17.8. The number of thioether (sulfide) groups is 1. The number of carbonyl (C=O) groups is 2. The first-order valence-electron chi connectivity index (χ1n) is 7.97. The van der Waals surface area contributed by atoms with E-state index in [1.807, 2.05) is 18.2 Å². The topological polar surface area (TPSA) is 75.6 Å². The third-order valence-corrected chi connectivity index (χ3v) is 5.43. The lowest BCUT2D eigenvalue weighted by Crippen LogP contribution is -2.29. The number of aromatic carboxylic acids is 1. The summed E-state index contributed by atoms with van der Waals surface area (Å²) in [5, 5.41) is 11.9. The van der Waals surface area contributed by atoms with Gasteiger partial charge in [-0.3, -0.25) is 4.79 Å². The first kappa shape index (κ1) is 17.4. The van der Waals surface area contributed by atoms with Crippen LogP contribution in [0.5, 0.6) is 5.75 Å². The molecule has 2 aromatic carbocycles. The number of nitrogens with one attached hydrogen (secondary N) is 1. The van der Waals surface area contributed by atoms with Gasteiger partial charge in [-0.25, -0.2) is 4.79 Å². The highest BCUT2D eigenvalue weighted by atomic mass is 32.2. The minimum absolute atomic E-state index is 0.0511. The van der Waals surface area contributed by atoms with Crippen molar-refractivity contribution in [3.63, 3.8) is 0 Å². The van der Waals surface area contributed by atoms with E-state index < -0.39 is 5.97 Å². The molecule has 25 heavy (non-hydrogen) atoms. The Labute approximate surface area is 150 Å². The summed E-state index contributed by atoms with van der Waals surface area (Å²) in [7, 11) is 1.43. The van der Waals surface area contributed by atoms with Gasteiger partial charge in [-0.1, -0.05) is 30.3 Å². The molecule has 2 N–H and O–H groups in total. The molecule has 0 unspecified atom stereocenters. The van der Waals surface area contributed by atoms with Gasteiger partial charge < -0.3 is 15.2 Å². The summed E-state index contributed by atoms with van der Waals surface area (Å²) in [5.41, 5.74) is 3.10. The number of fused-ring (bicyclic) bond motifs is 1. The summed E-state index contributed by atoms with van der Waals surface area (Å²) in [5.74, 6) is 0.117. The molecule has 5 nitrogen and oxygen atoms in total. The van der Waals surface area contributed by atoms with Gasteiger partial charge in [0.05, 0.1) is 7.11 Å². The van der Waals surface area contributed by atoms with Crippen LogP contribution in [0.4, 0.5) is 0 Å². The molecule has 0 saturated carbocycles. The zero-order valence-electron chi connectivity index (χ0n) is 13.8. The average molecular weight is 357 g/mol. The highest BCUT2D eigenvalue weighted by Crippen LogP contribution is 2.36. The maximum absolute atomic E-state index is 12.6. The van der Waals surface area contributed by atoms with Crippen LogP contribution in [0.3, 0.4) is 0 Å². The highest BCUT2D eigenvalue weighted by Gasteiger charge is 2.26. The lowest BCUT2D eigenvalue weighted by Gasteiger charge is -2.24. The summed E-state index contributed by atoms with van der Waals surface area (Å²) in [6.45, 7) is 0.280. The van der Waals surface area contributed by atoms with Crippen LogP contribution >= 0.6 is 11.8 Å². The second-order valence-corrected chi connectivity index (χ2v) is 6.97. The fraction of sp³-hybridized carbons (Fsp3) is 0.263. The maximum atomic E-state index is 12.6. The van der Waals surface area contributed by atoms with Crippen molar-refractivity contribution in [2.24, 2.45) is 0 Å². The minimum atomic E-state index is -1.05. The van der Waals surface area contributed by atoms with E-state index in [4.69, 9.17) is 4.74 Å². The molecule has 1 heterocycles. The fourth-order valence-electron chi connectivity index (χ4n) is 2.93. The van der Waals surface area contributed by atoms with Crippen molar-refractivity contribution in [1.82, 2.24) is 5.32 Å². The Balaban J connectivity index is 1.71. The zero-order valence-corrected chi connectivity index (χ0v) is 14.6. The van der Waals surface area contributed by atoms with Crippen molar-refractivity contribution in [3.05, 3.63) is 64.7 Å². The van der Waals surface area contributed by atoms with Gasteiger partial charge in [0.15, 0.2) is 0 Å². The second kappa shape index (κ2) is 7.61. The molecule has 0 saturated heterocycles. The molecular formula is C19H19NO4S. The molecule has 1 aliphatic rings. The van der Waals surface area contributed by atoms with Crippen molar-refractivity contribution in [2.45, 2.75) is 18.2 Å². The number of methoxy groups -OCH3 is 1. The number of hydrogen-bond donors (Lipinski definition) is 2. The summed E-state index contributed by atoms with van der Waals surface area (Å²) in [6.07, 6.45) is 0.977. The molecule has 0 aromatic heterocycles. The molecule has 0 fully saturated rings. The van der Waals surface area contributed by atoms with Gasteiger partial charge in [0.1, 0.15) is 16.6 Å². The van der Waals surface area contributed by atoms with E-state index in [0.29, 0.717) is 5.75 Å². The summed E-state index contributed by atoms with van der Waals surface area (Å²) in [6, 6.07) is 12.9. The van der Waals surface area contributed by atoms with Gasteiger partial charge >= 0.3 is 5.97 Å². The predicted molar refractivity (Wildman–Crippen MR) is 97.1 cm³/mol. The van der Waals surface area contributed by atoms with E-state index in [1.54, 1.807) is 23.9 Å². The Morgan fingerprint density at radius 2 is 2.08 bits per heavy atom. The summed E-state index contributed by atoms with van der Waals surface area (Å²) < 4.78 is 5.05. The van der Waals surface area contributed by atoms with E-state index in [-0.39, 0.29) is 23.3 Å². The number of aryl methyl sites for hydroxylation is 1. The van der Waals surface area contributed by atoms with E-state index in [9.17, 15) is 14.7 Å². The number of ether oxygens (including phenoxy) is 1. The third-order valence-electron chi connectivity index (χ3n) is 4.19. The first-order valence-corrected chi connectivity index (χ1v) is 9.02. The third kappa shape index (κ3) is 3.79. The number of carboxylic acids is 1. The molecule has 0 spiro atoms. The van der Waals surface area contributed by atoms with Crippen LogP contribution in [0.15, 0.2) is 42.5 Å². The smallest absolute Gasteiger partial charge is 0.339 e. The fourth-order valence-corrected chi connectivity index (χ4v) is 4.14. The van der Waals surface area contributed by atoms with Gasteiger partial charge in [-0.2, -0.15) is 0 Å². The van der Waals surface area contributed by atoms with Crippen LogP contribution in [-0.2, 0) is 17.8 Å². The first-order chi connectivity index (χ1) is 12.1. The largest absolute Gasteiger partial charge is 0.496 e. The number of hydrogen-bond acceptors (Lipinski definition) is 4. The number of carbonyl (C=O) groups excluding carboxylic acids is 1. The number of rotatable bonds is 5. The molecular weight excluding hydrogens is 338 g/mol. The molecule has 0 bridgehead atoms. The Morgan fingerprint density at radius 1 is 1.28 bits per heavy atom. The lowest BCUT2D eigenvalue weighted by molar-refractivity contribution is -0.120. The van der Waals surface area contributed by atoms with Crippen LogP contribution in [0.2, 0.25) is 0 Å². The van der Waals surface area contributed by atoms with Gasteiger partial charge in [0.2, 0.25) is 5.91 Å². The number of carboxylic acid groups (broad SMARTS) is 1.